The molecule has 0 heterocycles. The van der Waals surface area contributed by atoms with E-state index < -0.39 is 43.0 Å². The van der Waals surface area contributed by atoms with Gasteiger partial charge in [-0.1, -0.05) is 11.6 Å². The zero-order valence-electron chi connectivity index (χ0n) is 7.51. The van der Waals surface area contributed by atoms with Crippen LogP contribution in [0, 0.1) is 0 Å². The summed E-state index contributed by atoms with van der Waals surface area (Å²) in [5.41, 5.74) is 3.66. The molecule has 7 nitrogen and oxygen atoms in total. The summed E-state index contributed by atoms with van der Waals surface area (Å²) in [6.45, 7) is 0. The summed E-state index contributed by atoms with van der Waals surface area (Å²) in [6.07, 6.45) is 0. The molecule has 88 valence electrons. The minimum atomic E-state index is -4.68. The molecule has 0 atom stereocenters. The summed E-state index contributed by atoms with van der Waals surface area (Å²) in [6, 6.07) is 0.648. The van der Waals surface area contributed by atoms with Crippen molar-refractivity contribution in [3.63, 3.8) is 0 Å². The fourth-order valence-electron chi connectivity index (χ4n) is 1.05. The van der Waals surface area contributed by atoms with Crippen molar-refractivity contribution in [1.29, 1.82) is 0 Å². The van der Waals surface area contributed by atoms with Crippen LogP contribution in [0.4, 0.5) is 5.69 Å². The number of aromatic carboxylic acids is 1. The second kappa shape index (κ2) is 3.81. The van der Waals surface area contributed by atoms with Gasteiger partial charge >= 0.3 is 5.97 Å². The van der Waals surface area contributed by atoms with Gasteiger partial charge in [0.05, 0.1) is 10.7 Å². The van der Waals surface area contributed by atoms with Crippen molar-refractivity contribution in [3.05, 3.63) is 16.7 Å². The van der Waals surface area contributed by atoms with E-state index in [9.17, 15) is 18.3 Å². The summed E-state index contributed by atoms with van der Waals surface area (Å²) >= 11 is 5.44. The maximum atomic E-state index is 10.8. The zero-order valence-corrected chi connectivity index (χ0v) is 9.08. The summed E-state index contributed by atoms with van der Waals surface area (Å²) in [7, 11) is -4.68. The van der Waals surface area contributed by atoms with Crippen molar-refractivity contribution < 1.29 is 28.0 Å². The van der Waals surface area contributed by atoms with Crippen molar-refractivity contribution in [2.24, 2.45) is 0 Å². The predicted molar refractivity (Wildman–Crippen MR) is 54.3 cm³/mol. The maximum absolute atomic E-state index is 10.8. The van der Waals surface area contributed by atoms with Gasteiger partial charge in [-0.05, 0) is 6.07 Å². The molecule has 0 aliphatic carbocycles. The van der Waals surface area contributed by atoms with Crippen LogP contribution < -0.4 is 5.73 Å². The largest absolute Gasteiger partial charge is 0.505 e. The number of rotatable bonds is 2. The standard InChI is InChI=1S/C7H6ClNO6S/c8-2-1-3(16(13,14)15)5(9)6(10)4(2)7(11)12/h1,10H,9H2,(H,11,12)(H,13,14,15). The van der Waals surface area contributed by atoms with Crippen LogP contribution in [0.5, 0.6) is 5.75 Å². The molecule has 0 radical (unpaired) electrons. The Morgan fingerprint density at radius 3 is 2.31 bits per heavy atom. The van der Waals surface area contributed by atoms with Crippen LogP contribution in [0.25, 0.3) is 0 Å². The Hall–Kier alpha value is -1.51. The number of aromatic hydroxyl groups is 1. The third-order valence-electron chi connectivity index (χ3n) is 1.75. The molecule has 0 saturated heterocycles. The number of benzene rings is 1. The highest BCUT2D eigenvalue weighted by Gasteiger charge is 2.25. The highest BCUT2D eigenvalue weighted by atomic mass is 35.5. The second-order valence-corrected chi connectivity index (χ2v) is 4.57. The Morgan fingerprint density at radius 2 is 1.94 bits per heavy atom. The molecule has 16 heavy (non-hydrogen) atoms. The van der Waals surface area contributed by atoms with E-state index in [1.807, 2.05) is 0 Å². The first-order valence-corrected chi connectivity index (χ1v) is 5.49. The number of halogens is 1. The molecule has 0 unspecified atom stereocenters. The highest BCUT2D eigenvalue weighted by molar-refractivity contribution is 7.86. The van der Waals surface area contributed by atoms with Gasteiger partial charge in [-0.3, -0.25) is 4.55 Å². The van der Waals surface area contributed by atoms with Crippen LogP contribution >= 0.6 is 11.6 Å². The lowest BCUT2D eigenvalue weighted by Crippen LogP contribution is -2.07. The average molecular weight is 268 g/mol. The molecular formula is C7H6ClNO6S. The summed E-state index contributed by atoms with van der Waals surface area (Å²) < 4.78 is 30.3. The lowest BCUT2D eigenvalue weighted by atomic mass is 10.1. The third kappa shape index (κ3) is 2.03. The summed E-state index contributed by atoms with van der Waals surface area (Å²) in [5.74, 6) is -2.58. The lowest BCUT2D eigenvalue weighted by molar-refractivity contribution is 0.0694. The van der Waals surface area contributed by atoms with Gasteiger partial charge in [-0.15, -0.1) is 0 Å². The Bertz CT molecular complexity index is 567. The van der Waals surface area contributed by atoms with E-state index >= 15 is 0 Å². The topological polar surface area (TPSA) is 138 Å². The third-order valence-corrected chi connectivity index (χ3v) is 2.94. The monoisotopic (exact) mass is 267 g/mol. The first kappa shape index (κ1) is 12.6. The van der Waals surface area contributed by atoms with Gasteiger partial charge in [0.2, 0.25) is 0 Å². The molecule has 0 aliphatic rings. The Labute approximate surface area is 94.8 Å². The molecule has 0 aliphatic heterocycles. The number of carboxylic acids is 1. The number of anilines is 1. The first-order chi connectivity index (χ1) is 7.16. The Morgan fingerprint density at radius 1 is 1.44 bits per heavy atom. The number of nitrogen functional groups attached to an aromatic ring is 1. The van der Waals surface area contributed by atoms with E-state index in [-0.39, 0.29) is 0 Å². The van der Waals surface area contributed by atoms with Crippen molar-refractivity contribution in [3.8, 4) is 5.75 Å². The molecule has 9 heteroatoms. The molecular weight excluding hydrogens is 262 g/mol. The van der Waals surface area contributed by atoms with E-state index in [1.54, 1.807) is 0 Å². The van der Waals surface area contributed by atoms with Gasteiger partial charge in [0, 0.05) is 0 Å². The van der Waals surface area contributed by atoms with Gasteiger partial charge in [-0.25, -0.2) is 4.79 Å². The van der Waals surface area contributed by atoms with Gasteiger partial charge in [0.15, 0.2) is 5.75 Å². The molecule has 1 aromatic rings. The van der Waals surface area contributed by atoms with E-state index in [0.717, 1.165) is 0 Å². The molecule has 0 fully saturated rings. The van der Waals surface area contributed by atoms with Crippen LogP contribution in [-0.4, -0.2) is 29.2 Å². The van der Waals surface area contributed by atoms with Crippen molar-refractivity contribution in [1.82, 2.24) is 0 Å². The van der Waals surface area contributed by atoms with Crippen molar-refractivity contribution in [2.45, 2.75) is 4.90 Å². The molecule has 1 rings (SSSR count). The first-order valence-electron chi connectivity index (χ1n) is 3.68. The molecule has 0 amide bonds. The van der Waals surface area contributed by atoms with Gasteiger partial charge in [0.25, 0.3) is 10.1 Å². The van der Waals surface area contributed by atoms with Gasteiger partial charge < -0.3 is 15.9 Å². The predicted octanol–water partition coefficient (Wildman–Crippen LogP) is 0.573. The number of phenols is 1. The van der Waals surface area contributed by atoms with E-state index in [1.165, 1.54) is 0 Å². The van der Waals surface area contributed by atoms with Crippen LogP contribution in [0.2, 0.25) is 5.02 Å². The number of carbonyl (C=O) groups is 1. The highest BCUT2D eigenvalue weighted by Crippen LogP contribution is 2.36. The smallest absolute Gasteiger partial charge is 0.341 e. The molecule has 5 N–H and O–H groups in total. The fraction of sp³-hybridized carbons (Fsp3) is 0. The fourth-order valence-corrected chi connectivity index (χ4v) is 2.03. The number of carboxylic acid groups (broad SMARTS) is 1. The van der Waals surface area contributed by atoms with Crippen LogP contribution in [0.15, 0.2) is 11.0 Å². The van der Waals surface area contributed by atoms with E-state index in [2.05, 4.69) is 0 Å². The molecule has 0 spiro atoms. The van der Waals surface area contributed by atoms with Crippen LogP contribution in [0.1, 0.15) is 10.4 Å². The van der Waals surface area contributed by atoms with Gasteiger partial charge in [-0.2, -0.15) is 8.42 Å². The average Bonchev–Trinajstić information content (AvgIpc) is 2.09. The molecule has 0 aromatic heterocycles. The van der Waals surface area contributed by atoms with Crippen LogP contribution in [-0.2, 0) is 10.1 Å². The Kier molecular flexibility index (Phi) is 2.99. The minimum absolute atomic E-state index is 0.549. The normalized spacial score (nSPS) is 11.4. The Balaban J connectivity index is 3.72. The number of nitrogens with two attached hydrogens (primary N) is 1. The second-order valence-electron chi connectivity index (χ2n) is 2.77. The minimum Gasteiger partial charge on any atom is -0.505 e. The molecule has 1 aromatic carbocycles. The quantitative estimate of drug-likeness (QED) is 0.349. The van der Waals surface area contributed by atoms with E-state index in [4.69, 9.17) is 27.0 Å². The van der Waals surface area contributed by atoms with Crippen LogP contribution in [0.3, 0.4) is 0 Å². The van der Waals surface area contributed by atoms with Gasteiger partial charge in [0.1, 0.15) is 10.5 Å². The summed E-state index contributed by atoms with van der Waals surface area (Å²) in [5, 5.41) is 17.4. The van der Waals surface area contributed by atoms with Crippen molar-refractivity contribution in [2.75, 3.05) is 5.73 Å². The number of hydrogen-bond donors (Lipinski definition) is 4. The lowest BCUT2D eigenvalue weighted by Gasteiger charge is -2.09. The van der Waals surface area contributed by atoms with E-state index in [0.29, 0.717) is 6.07 Å². The maximum Gasteiger partial charge on any atom is 0.341 e. The molecule has 0 bridgehead atoms. The SMILES string of the molecule is Nc1c(S(=O)(=O)O)cc(Cl)c(C(=O)O)c1O. The molecule has 0 saturated carbocycles. The summed E-state index contributed by atoms with van der Waals surface area (Å²) in [4.78, 5) is 9.80. The van der Waals surface area contributed by atoms with Crippen molar-refractivity contribution >= 4 is 33.4 Å². The number of hydrogen-bond acceptors (Lipinski definition) is 5. The zero-order chi connectivity index (χ0) is 12.7.